The molecule has 0 bridgehead atoms. The average molecular weight is 510 g/mol. The molecule has 0 atom stereocenters. The van der Waals surface area contributed by atoms with Crippen LogP contribution in [0.5, 0.6) is 17.5 Å². The Bertz CT molecular complexity index is 1180. The van der Waals surface area contributed by atoms with Gasteiger partial charge in [-0.25, -0.2) is 27.6 Å². The maximum Gasteiger partial charge on any atom is 0.528 e. The lowest BCUT2D eigenvalue weighted by molar-refractivity contribution is -0.151. The zero-order valence-corrected chi connectivity index (χ0v) is 20.6. The van der Waals surface area contributed by atoms with Crippen molar-refractivity contribution in [2.75, 3.05) is 19.3 Å². The zero-order chi connectivity index (χ0) is 25.2. The fraction of sp³-hybridized carbons (Fsp3) is 0.522. The number of hydrogen-bond acceptors (Lipinski definition) is 10. The Labute approximate surface area is 203 Å². The summed E-state index contributed by atoms with van der Waals surface area (Å²) in [6.07, 6.45) is 4.15. The number of carbonyl (C=O) groups is 1. The van der Waals surface area contributed by atoms with Gasteiger partial charge in [0.1, 0.15) is 12.4 Å². The van der Waals surface area contributed by atoms with Crippen molar-refractivity contribution in [1.82, 2.24) is 15.0 Å². The molecule has 10 nitrogen and oxygen atoms in total. The molecule has 35 heavy (non-hydrogen) atoms. The van der Waals surface area contributed by atoms with E-state index in [2.05, 4.69) is 9.97 Å². The molecule has 2 fully saturated rings. The first-order chi connectivity index (χ1) is 16.6. The summed E-state index contributed by atoms with van der Waals surface area (Å²) in [7, 11) is -3.55. The number of carbonyl (C=O) groups excluding carboxylic acids is 1. The second-order valence-corrected chi connectivity index (χ2v) is 10.9. The molecule has 12 heteroatoms. The molecule has 0 amide bonds. The number of benzene rings is 1. The van der Waals surface area contributed by atoms with Crippen molar-refractivity contribution in [3.8, 4) is 17.5 Å². The number of nitrogens with zero attached hydrogens (tertiary/aromatic N) is 3. The smallest absolute Gasteiger partial charge is 0.474 e. The van der Waals surface area contributed by atoms with E-state index in [0.29, 0.717) is 37.4 Å². The van der Waals surface area contributed by atoms with Gasteiger partial charge in [-0.15, -0.1) is 5.06 Å². The molecule has 0 N–H and O–H groups in total. The lowest BCUT2D eigenvalue weighted by Gasteiger charge is -2.30. The molecule has 1 aromatic carbocycles. The van der Waals surface area contributed by atoms with Gasteiger partial charge in [0, 0.05) is 32.2 Å². The standard InChI is InChI=1S/C23H28FN3O7S/c1-14(2)31-23(28)34-27-10-8-16(9-11-27)32-21-20(15-4-5-15)22(26-13-25-21)33-19-7-6-17(12-18(19)24)35(3,29)30/h6-7,12-16H,4-5,8-11H2,1-3H3. The van der Waals surface area contributed by atoms with E-state index in [-0.39, 0.29) is 34.7 Å². The molecule has 1 aliphatic heterocycles. The Hall–Kier alpha value is -2.99. The maximum absolute atomic E-state index is 14.6. The number of hydroxylamine groups is 2. The van der Waals surface area contributed by atoms with Crippen molar-refractivity contribution in [2.24, 2.45) is 0 Å². The van der Waals surface area contributed by atoms with Crippen molar-refractivity contribution >= 4 is 16.0 Å². The van der Waals surface area contributed by atoms with Crippen LogP contribution in [0, 0.1) is 5.82 Å². The lowest BCUT2D eigenvalue weighted by Crippen LogP contribution is -2.40. The molecular weight excluding hydrogens is 481 g/mol. The van der Waals surface area contributed by atoms with Crippen LogP contribution in [0.15, 0.2) is 29.4 Å². The number of rotatable bonds is 8. The highest BCUT2D eigenvalue weighted by Gasteiger charge is 2.34. The predicted molar refractivity (Wildman–Crippen MR) is 122 cm³/mol. The molecule has 1 aliphatic carbocycles. The van der Waals surface area contributed by atoms with Crippen molar-refractivity contribution in [3.63, 3.8) is 0 Å². The molecule has 2 heterocycles. The van der Waals surface area contributed by atoms with Gasteiger partial charge in [0.2, 0.25) is 11.8 Å². The lowest BCUT2D eigenvalue weighted by atomic mass is 10.1. The van der Waals surface area contributed by atoms with Gasteiger partial charge in [-0.3, -0.25) is 0 Å². The van der Waals surface area contributed by atoms with Gasteiger partial charge in [0.25, 0.3) is 0 Å². The summed E-state index contributed by atoms with van der Waals surface area (Å²) in [5, 5.41) is 1.55. The summed E-state index contributed by atoms with van der Waals surface area (Å²) < 4.78 is 54.8. The molecule has 1 saturated heterocycles. The second kappa shape index (κ2) is 10.3. The third-order valence-electron chi connectivity index (χ3n) is 5.55. The molecule has 2 aliphatic rings. The molecule has 1 saturated carbocycles. The Morgan fingerprint density at radius 3 is 2.40 bits per heavy atom. The first kappa shape index (κ1) is 25.1. The van der Waals surface area contributed by atoms with E-state index in [0.717, 1.165) is 25.2 Å². The summed E-state index contributed by atoms with van der Waals surface area (Å²) in [6, 6.07) is 3.48. The normalized spacial score (nSPS) is 17.3. The van der Waals surface area contributed by atoms with Crippen LogP contribution in [0.4, 0.5) is 9.18 Å². The minimum atomic E-state index is -3.55. The highest BCUT2D eigenvalue weighted by Crippen LogP contribution is 2.48. The van der Waals surface area contributed by atoms with Crippen LogP contribution in [0.25, 0.3) is 0 Å². The summed E-state index contributed by atoms with van der Waals surface area (Å²) in [5.74, 6) is -0.249. The van der Waals surface area contributed by atoms with Crippen LogP contribution in [0.1, 0.15) is 51.0 Å². The van der Waals surface area contributed by atoms with Crippen LogP contribution in [-0.2, 0) is 19.4 Å². The van der Waals surface area contributed by atoms with E-state index in [1.54, 1.807) is 18.9 Å². The highest BCUT2D eigenvalue weighted by atomic mass is 32.2. The molecule has 0 spiro atoms. The Morgan fingerprint density at radius 2 is 1.80 bits per heavy atom. The van der Waals surface area contributed by atoms with E-state index < -0.39 is 21.8 Å². The largest absolute Gasteiger partial charge is 0.528 e. The second-order valence-electron chi connectivity index (χ2n) is 8.89. The van der Waals surface area contributed by atoms with Crippen LogP contribution >= 0.6 is 0 Å². The van der Waals surface area contributed by atoms with Crippen LogP contribution in [-0.4, -0.2) is 61.2 Å². The molecule has 0 unspecified atom stereocenters. The van der Waals surface area contributed by atoms with E-state index >= 15 is 0 Å². The van der Waals surface area contributed by atoms with Gasteiger partial charge in [0.15, 0.2) is 21.4 Å². The number of sulfone groups is 1. The molecule has 1 aromatic heterocycles. The molecule has 0 radical (unpaired) electrons. The summed E-state index contributed by atoms with van der Waals surface area (Å²) >= 11 is 0. The topological polar surface area (TPSA) is 117 Å². The number of hydrogen-bond donors (Lipinski definition) is 0. The van der Waals surface area contributed by atoms with Crippen LogP contribution < -0.4 is 9.47 Å². The van der Waals surface area contributed by atoms with Gasteiger partial charge in [-0.05, 0) is 50.8 Å². The van der Waals surface area contributed by atoms with Gasteiger partial charge >= 0.3 is 6.16 Å². The summed E-state index contributed by atoms with van der Waals surface area (Å²) in [6.45, 7) is 4.45. The first-order valence-corrected chi connectivity index (χ1v) is 13.3. The Balaban J connectivity index is 1.44. The summed E-state index contributed by atoms with van der Waals surface area (Å²) in [4.78, 5) is 25.2. The summed E-state index contributed by atoms with van der Waals surface area (Å²) in [5.41, 5.74) is 0.665. The monoisotopic (exact) mass is 509 g/mol. The van der Waals surface area contributed by atoms with Gasteiger partial charge in [-0.2, -0.15) is 0 Å². The minimum absolute atomic E-state index is 0.133. The Morgan fingerprint density at radius 1 is 1.11 bits per heavy atom. The van der Waals surface area contributed by atoms with Crippen molar-refractivity contribution < 1.29 is 36.7 Å². The number of aromatic nitrogens is 2. The van der Waals surface area contributed by atoms with Crippen molar-refractivity contribution in [3.05, 3.63) is 35.9 Å². The van der Waals surface area contributed by atoms with Crippen LogP contribution in [0.3, 0.4) is 0 Å². The maximum atomic E-state index is 14.6. The third-order valence-corrected chi connectivity index (χ3v) is 6.66. The van der Waals surface area contributed by atoms with E-state index in [4.69, 9.17) is 19.0 Å². The Kier molecular flexibility index (Phi) is 7.41. The fourth-order valence-corrected chi connectivity index (χ4v) is 4.31. The van der Waals surface area contributed by atoms with E-state index in [1.807, 2.05) is 0 Å². The van der Waals surface area contributed by atoms with Crippen molar-refractivity contribution in [1.29, 1.82) is 0 Å². The van der Waals surface area contributed by atoms with Gasteiger partial charge in [0.05, 0.1) is 16.6 Å². The fourth-order valence-electron chi connectivity index (χ4n) is 3.68. The van der Waals surface area contributed by atoms with E-state index in [9.17, 15) is 17.6 Å². The highest BCUT2D eigenvalue weighted by molar-refractivity contribution is 7.90. The van der Waals surface area contributed by atoms with Crippen molar-refractivity contribution in [2.45, 2.75) is 62.6 Å². The van der Waals surface area contributed by atoms with Gasteiger partial charge in [-0.1, -0.05) is 0 Å². The quantitative estimate of drug-likeness (QED) is 0.483. The van der Waals surface area contributed by atoms with E-state index in [1.165, 1.54) is 18.5 Å². The predicted octanol–water partition coefficient (Wildman–Crippen LogP) is 4.01. The molecule has 4 rings (SSSR count). The number of piperidine rings is 1. The third kappa shape index (κ3) is 6.57. The van der Waals surface area contributed by atoms with Crippen LogP contribution in [0.2, 0.25) is 0 Å². The first-order valence-electron chi connectivity index (χ1n) is 11.4. The zero-order valence-electron chi connectivity index (χ0n) is 19.8. The average Bonchev–Trinajstić information content (AvgIpc) is 3.60. The number of ether oxygens (including phenoxy) is 3. The number of halogens is 1. The molecular formula is C23H28FN3O7S. The van der Waals surface area contributed by atoms with Gasteiger partial charge < -0.3 is 19.0 Å². The SMILES string of the molecule is CC(C)OC(=O)ON1CCC(Oc2ncnc(Oc3ccc(S(C)(=O)=O)cc3F)c2C2CC2)CC1. The molecule has 2 aromatic rings. The minimum Gasteiger partial charge on any atom is -0.474 e. The molecule has 190 valence electrons.